The van der Waals surface area contributed by atoms with Gasteiger partial charge in [0.05, 0.1) is 5.56 Å². The molecule has 26 heavy (non-hydrogen) atoms. The van der Waals surface area contributed by atoms with Gasteiger partial charge >= 0.3 is 0 Å². The number of piperazine rings is 1. The number of carbonyl (C=O) groups is 1. The summed E-state index contributed by atoms with van der Waals surface area (Å²) in [6.45, 7) is 3.15. The maximum Gasteiger partial charge on any atom is 0.255 e. The molecule has 0 bridgehead atoms. The molecule has 1 amide bonds. The van der Waals surface area contributed by atoms with Crippen molar-refractivity contribution in [2.24, 2.45) is 0 Å². The largest absolute Gasteiger partial charge is 0.345 e. The van der Waals surface area contributed by atoms with Crippen molar-refractivity contribution in [3.05, 3.63) is 63.8 Å². The number of hydrogen-bond donors (Lipinski definition) is 0. The topological polar surface area (TPSA) is 36.4 Å². The molecule has 0 radical (unpaired) electrons. The van der Waals surface area contributed by atoms with Crippen LogP contribution in [0.2, 0.25) is 0 Å². The van der Waals surface area contributed by atoms with Crippen LogP contribution in [0.15, 0.2) is 58.3 Å². The quantitative estimate of drug-likeness (QED) is 0.592. The molecule has 0 atom stereocenters. The first kappa shape index (κ1) is 17.6. The number of thiazole rings is 1. The van der Waals surface area contributed by atoms with Crippen LogP contribution in [0.4, 0.5) is 5.13 Å². The summed E-state index contributed by atoms with van der Waals surface area (Å²) in [4.78, 5) is 24.0. The summed E-state index contributed by atoms with van der Waals surface area (Å²) in [6.07, 6.45) is 1.83. The minimum atomic E-state index is 0.137. The molecule has 4 nitrogen and oxygen atoms in total. The van der Waals surface area contributed by atoms with Gasteiger partial charge in [-0.3, -0.25) is 4.79 Å². The van der Waals surface area contributed by atoms with E-state index in [1.807, 2.05) is 34.7 Å². The first-order valence-electron chi connectivity index (χ1n) is 8.49. The monoisotopic (exact) mass is 401 g/mol. The van der Waals surface area contributed by atoms with Crippen LogP contribution in [0.3, 0.4) is 0 Å². The first-order valence-corrected chi connectivity index (χ1v) is 11.2. The van der Waals surface area contributed by atoms with Crippen molar-refractivity contribution in [3.8, 4) is 0 Å². The molecule has 0 N–H and O–H groups in total. The number of thiophene rings is 1. The van der Waals surface area contributed by atoms with Crippen LogP contribution in [-0.2, 0) is 5.75 Å². The fraction of sp³-hybridized carbons (Fsp3) is 0.263. The SMILES string of the molecule is O=C(c1ccccc1SCc1cccs1)N1CCN(c2nccs2)CC1. The van der Waals surface area contributed by atoms with E-state index in [2.05, 4.69) is 33.5 Å². The third kappa shape index (κ3) is 3.95. The summed E-state index contributed by atoms with van der Waals surface area (Å²) in [6, 6.07) is 12.2. The fourth-order valence-corrected chi connectivity index (χ4v) is 5.47. The Balaban J connectivity index is 1.42. The molecule has 1 saturated heterocycles. The van der Waals surface area contributed by atoms with E-state index in [0.29, 0.717) is 0 Å². The van der Waals surface area contributed by atoms with E-state index in [-0.39, 0.29) is 5.91 Å². The molecule has 0 unspecified atom stereocenters. The molecule has 0 aliphatic carbocycles. The number of amides is 1. The summed E-state index contributed by atoms with van der Waals surface area (Å²) in [7, 11) is 0. The highest BCUT2D eigenvalue weighted by Crippen LogP contribution is 2.29. The molecule has 2 aromatic heterocycles. The molecular formula is C19H19N3OS3. The van der Waals surface area contributed by atoms with Gasteiger partial charge < -0.3 is 9.80 Å². The standard InChI is InChI=1S/C19H19N3OS3/c23-18(21-8-10-22(11-9-21)19-20-7-13-25-19)16-5-1-2-6-17(16)26-14-15-4-3-12-24-15/h1-7,12-13H,8-11,14H2. The van der Waals surface area contributed by atoms with Gasteiger partial charge in [0, 0.05) is 53.3 Å². The lowest BCUT2D eigenvalue weighted by atomic mass is 10.2. The smallest absolute Gasteiger partial charge is 0.255 e. The number of nitrogens with zero attached hydrogens (tertiary/aromatic N) is 3. The molecular weight excluding hydrogens is 382 g/mol. The Hall–Kier alpha value is -1.83. The Kier molecular flexibility index (Phi) is 5.57. The zero-order valence-corrected chi connectivity index (χ0v) is 16.7. The van der Waals surface area contributed by atoms with Crippen molar-refractivity contribution in [1.82, 2.24) is 9.88 Å². The van der Waals surface area contributed by atoms with Crippen LogP contribution >= 0.6 is 34.4 Å². The van der Waals surface area contributed by atoms with E-state index < -0.39 is 0 Å². The number of benzene rings is 1. The number of thioether (sulfide) groups is 1. The zero-order chi connectivity index (χ0) is 17.8. The van der Waals surface area contributed by atoms with Crippen LogP contribution in [0.1, 0.15) is 15.2 Å². The molecule has 1 fully saturated rings. The van der Waals surface area contributed by atoms with Gasteiger partial charge in [-0.15, -0.1) is 34.4 Å². The van der Waals surface area contributed by atoms with Crippen LogP contribution in [0.25, 0.3) is 0 Å². The average molecular weight is 402 g/mol. The number of rotatable bonds is 5. The Bertz CT molecular complexity index is 841. The van der Waals surface area contributed by atoms with E-state index in [1.165, 1.54) is 4.88 Å². The van der Waals surface area contributed by atoms with Gasteiger partial charge in [-0.25, -0.2) is 4.98 Å². The number of aromatic nitrogens is 1. The second-order valence-electron chi connectivity index (χ2n) is 5.96. The maximum atomic E-state index is 13.1. The van der Waals surface area contributed by atoms with Crippen molar-refractivity contribution >= 4 is 45.5 Å². The lowest BCUT2D eigenvalue weighted by Gasteiger charge is -2.34. The van der Waals surface area contributed by atoms with Gasteiger partial charge in [-0.2, -0.15) is 0 Å². The van der Waals surface area contributed by atoms with Crippen molar-refractivity contribution < 1.29 is 4.79 Å². The molecule has 4 rings (SSSR count). The lowest BCUT2D eigenvalue weighted by molar-refractivity contribution is 0.0743. The predicted octanol–water partition coefficient (Wildman–Crippen LogP) is 4.46. The van der Waals surface area contributed by atoms with Crippen LogP contribution in [0.5, 0.6) is 0 Å². The Morgan fingerprint density at radius 1 is 1.04 bits per heavy atom. The van der Waals surface area contributed by atoms with E-state index in [4.69, 9.17) is 0 Å². The highest BCUT2D eigenvalue weighted by Gasteiger charge is 2.24. The Morgan fingerprint density at radius 3 is 2.62 bits per heavy atom. The molecule has 1 aromatic carbocycles. The summed E-state index contributed by atoms with van der Waals surface area (Å²) in [5.74, 6) is 1.04. The van der Waals surface area contributed by atoms with Gasteiger partial charge in [-0.1, -0.05) is 18.2 Å². The fourth-order valence-electron chi connectivity index (χ4n) is 2.96. The predicted molar refractivity (Wildman–Crippen MR) is 111 cm³/mol. The Morgan fingerprint density at radius 2 is 1.88 bits per heavy atom. The van der Waals surface area contributed by atoms with Crippen molar-refractivity contribution in [1.29, 1.82) is 0 Å². The molecule has 0 spiro atoms. The molecule has 0 saturated carbocycles. The van der Waals surface area contributed by atoms with E-state index in [1.54, 1.807) is 34.4 Å². The molecule has 7 heteroatoms. The molecule has 134 valence electrons. The second-order valence-corrected chi connectivity index (χ2v) is 8.88. The summed E-state index contributed by atoms with van der Waals surface area (Å²) >= 11 is 5.15. The molecule has 3 aromatic rings. The van der Waals surface area contributed by atoms with Crippen LogP contribution in [-0.4, -0.2) is 42.0 Å². The third-order valence-electron chi connectivity index (χ3n) is 4.32. The minimum absolute atomic E-state index is 0.137. The van der Waals surface area contributed by atoms with E-state index in [0.717, 1.165) is 47.5 Å². The van der Waals surface area contributed by atoms with Gasteiger partial charge in [0.1, 0.15) is 0 Å². The van der Waals surface area contributed by atoms with E-state index in [9.17, 15) is 4.79 Å². The Labute approximate surface area is 165 Å². The highest BCUT2D eigenvalue weighted by molar-refractivity contribution is 7.98. The van der Waals surface area contributed by atoms with Crippen molar-refractivity contribution in [2.75, 3.05) is 31.1 Å². The highest BCUT2D eigenvalue weighted by atomic mass is 32.2. The normalized spacial score (nSPS) is 14.6. The average Bonchev–Trinajstić information content (AvgIpc) is 3.40. The number of carbonyl (C=O) groups excluding carboxylic acids is 1. The van der Waals surface area contributed by atoms with Gasteiger partial charge in [0.15, 0.2) is 5.13 Å². The maximum absolute atomic E-state index is 13.1. The molecule has 1 aliphatic heterocycles. The van der Waals surface area contributed by atoms with Crippen LogP contribution in [0, 0.1) is 0 Å². The lowest BCUT2D eigenvalue weighted by Crippen LogP contribution is -2.48. The van der Waals surface area contributed by atoms with Crippen molar-refractivity contribution in [3.63, 3.8) is 0 Å². The molecule has 1 aliphatic rings. The minimum Gasteiger partial charge on any atom is -0.345 e. The third-order valence-corrected chi connectivity index (χ3v) is 7.34. The number of anilines is 1. The van der Waals surface area contributed by atoms with E-state index >= 15 is 0 Å². The first-order chi connectivity index (χ1) is 12.8. The van der Waals surface area contributed by atoms with Crippen LogP contribution < -0.4 is 4.90 Å². The van der Waals surface area contributed by atoms with Gasteiger partial charge in [-0.05, 0) is 23.6 Å². The number of hydrogen-bond acceptors (Lipinski definition) is 6. The summed E-state index contributed by atoms with van der Waals surface area (Å²) in [5, 5.41) is 5.13. The second kappa shape index (κ2) is 8.24. The summed E-state index contributed by atoms with van der Waals surface area (Å²) in [5.41, 5.74) is 0.816. The molecule has 3 heterocycles. The van der Waals surface area contributed by atoms with Crippen molar-refractivity contribution in [2.45, 2.75) is 10.6 Å². The van der Waals surface area contributed by atoms with Gasteiger partial charge in [0.25, 0.3) is 5.91 Å². The van der Waals surface area contributed by atoms with Gasteiger partial charge in [0.2, 0.25) is 0 Å². The zero-order valence-electron chi connectivity index (χ0n) is 14.2. The summed E-state index contributed by atoms with van der Waals surface area (Å²) < 4.78 is 0.